The molecule has 3 fully saturated rings. The van der Waals surface area contributed by atoms with Crippen LogP contribution in [0.1, 0.15) is 22.8 Å². The normalized spacial score (nSPS) is 26.5. The van der Waals surface area contributed by atoms with Gasteiger partial charge >= 0.3 is 4.87 Å². The standard InChI is InChI=1S/C35H31N3O8S2/c1-44-20-10-6-18(7-11-20)38-33(41)28-21-14-22(29(28)34(38)42)30-27(21)26(31-32(47-30)37-35(43)48-31)16-3-12-23(24(13-16)45-2)46-15-25(40)36-17-4-8-19(39)9-5-17/h3-13,21-22,26-30,39H,14-15H2,1-2H3,(H,36,40)(H,37,43)/t21-,22-,26-,27?,28?,29?,30?/m1/s1. The number of imide groups is 1. The molecule has 3 amide bonds. The summed E-state index contributed by atoms with van der Waals surface area (Å²) in [6.45, 7) is -0.265. The average molecular weight is 686 g/mol. The number of hydrogen-bond donors (Lipinski definition) is 3. The monoisotopic (exact) mass is 685 g/mol. The summed E-state index contributed by atoms with van der Waals surface area (Å²) < 4.78 is 16.8. The number of carbonyl (C=O) groups excluding carboxylic acids is 3. The van der Waals surface area contributed by atoms with Crippen LogP contribution in [0.25, 0.3) is 0 Å². The summed E-state index contributed by atoms with van der Waals surface area (Å²) in [5, 5.41) is 13.1. The Hall–Kier alpha value is -4.75. The molecule has 4 aromatic rings. The molecular formula is C35H31N3O8S2. The lowest BCUT2D eigenvalue weighted by molar-refractivity contribution is -0.123. The van der Waals surface area contributed by atoms with Gasteiger partial charge in [-0.1, -0.05) is 17.4 Å². The van der Waals surface area contributed by atoms with E-state index in [1.165, 1.54) is 35.5 Å². The second-order valence-electron chi connectivity index (χ2n) is 12.5. The minimum atomic E-state index is -0.428. The predicted molar refractivity (Wildman–Crippen MR) is 179 cm³/mol. The van der Waals surface area contributed by atoms with Crippen molar-refractivity contribution in [2.45, 2.75) is 22.6 Å². The summed E-state index contributed by atoms with van der Waals surface area (Å²) >= 11 is 2.82. The largest absolute Gasteiger partial charge is 0.508 e. The van der Waals surface area contributed by atoms with Crippen molar-refractivity contribution in [3.63, 3.8) is 0 Å². The first kappa shape index (κ1) is 30.6. The van der Waals surface area contributed by atoms with Crippen molar-refractivity contribution in [2.24, 2.45) is 29.6 Å². The number of hydrogen-bond acceptors (Lipinski definition) is 10. The van der Waals surface area contributed by atoms with Crippen LogP contribution in [-0.2, 0) is 14.4 Å². The second-order valence-corrected chi connectivity index (χ2v) is 14.7. The fourth-order valence-electron chi connectivity index (χ4n) is 8.26. The molecule has 3 heterocycles. The molecule has 2 saturated carbocycles. The number of methoxy groups -OCH3 is 2. The lowest BCUT2D eigenvalue weighted by Gasteiger charge is -2.43. The molecule has 11 nitrogen and oxygen atoms in total. The third-order valence-electron chi connectivity index (χ3n) is 10.1. The van der Waals surface area contributed by atoms with Gasteiger partial charge in [-0.3, -0.25) is 24.1 Å². The number of amides is 3. The number of thiazole rings is 1. The molecule has 4 aliphatic rings. The Morgan fingerprint density at radius 3 is 2.38 bits per heavy atom. The predicted octanol–water partition coefficient (Wildman–Crippen LogP) is 4.85. The number of ether oxygens (including phenoxy) is 3. The first-order valence-electron chi connectivity index (χ1n) is 15.6. The second kappa shape index (κ2) is 11.7. The van der Waals surface area contributed by atoms with E-state index in [1.807, 2.05) is 12.1 Å². The Morgan fingerprint density at radius 2 is 1.67 bits per heavy atom. The van der Waals surface area contributed by atoms with E-state index in [0.29, 0.717) is 28.6 Å². The Morgan fingerprint density at radius 1 is 0.938 bits per heavy atom. The van der Waals surface area contributed by atoms with Crippen molar-refractivity contribution in [3.8, 4) is 23.0 Å². The van der Waals surface area contributed by atoms with Crippen LogP contribution in [0.2, 0.25) is 0 Å². The number of phenols is 1. The SMILES string of the molecule is COc1ccc(N2C(=O)C3C(C2=O)[C@@H]2C[C@H]3C3Sc4[nH]c(=O)sc4[C@H](c4ccc(OCC(=O)Nc5ccc(O)cc5)c(OC)c4)C32)cc1. The van der Waals surface area contributed by atoms with Crippen molar-refractivity contribution in [1.29, 1.82) is 0 Å². The van der Waals surface area contributed by atoms with Gasteiger partial charge in [0.05, 0.1) is 36.8 Å². The van der Waals surface area contributed by atoms with Gasteiger partial charge in [0.25, 0.3) is 5.91 Å². The van der Waals surface area contributed by atoms with Gasteiger partial charge in [0.1, 0.15) is 11.5 Å². The van der Waals surface area contributed by atoms with Gasteiger partial charge in [0, 0.05) is 21.7 Å². The van der Waals surface area contributed by atoms with E-state index in [-0.39, 0.29) is 63.9 Å². The van der Waals surface area contributed by atoms with E-state index in [1.54, 1.807) is 61.3 Å². The number of aromatic nitrogens is 1. The van der Waals surface area contributed by atoms with Crippen molar-refractivity contribution in [1.82, 2.24) is 4.98 Å². The summed E-state index contributed by atoms with van der Waals surface area (Å²) in [5.41, 5.74) is 1.98. The Bertz CT molecular complexity index is 1990. The van der Waals surface area contributed by atoms with E-state index in [4.69, 9.17) is 14.2 Å². The molecule has 2 bridgehead atoms. The molecule has 3 aromatic carbocycles. The Labute approximate surface area is 283 Å². The number of rotatable bonds is 8. The summed E-state index contributed by atoms with van der Waals surface area (Å²) in [6.07, 6.45) is 0.774. The third-order valence-corrected chi connectivity index (χ3v) is 12.7. The molecule has 1 aromatic heterocycles. The van der Waals surface area contributed by atoms with Gasteiger partial charge < -0.3 is 29.6 Å². The zero-order chi connectivity index (χ0) is 33.3. The third kappa shape index (κ3) is 4.86. The summed E-state index contributed by atoms with van der Waals surface area (Å²) in [4.78, 5) is 58.4. The number of aromatic hydroxyl groups is 1. The molecular weight excluding hydrogens is 655 g/mol. The fourth-order valence-corrected chi connectivity index (χ4v) is 11.1. The molecule has 3 N–H and O–H groups in total. The van der Waals surface area contributed by atoms with E-state index in [9.17, 15) is 24.3 Å². The lowest BCUT2D eigenvalue weighted by atomic mass is 9.68. The van der Waals surface area contributed by atoms with Crippen molar-refractivity contribution in [2.75, 3.05) is 31.0 Å². The van der Waals surface area contributed by atoms with Crippen LogP contribution in [0.15, 0.2) is 76.6 Å². The first-order valence-corrected chi connectivity index (χ1v) is 17.3. The van der Waals surface area contributed by atoms with Gasteiger partial charge in [-0.05, 0) is 90.4 Å². The highest BCUT2D eigenvalue weighted by atomic mass is 32.2. The molecule has 4 unspecified atom stereocenters. The zero-order valence-electron chi connectivity index (χ0n) is 25.9. The average Bonchev–Trinajstić information content (AvgIpc) is 3.83. The Balaban J connectivity index is 1.08. The highest BCUT2D eigenvalue weighted by molar-refractivity contribution is 8.00. The minimum absolute atomic E-state index is 0.00894. The zero-order valence-corrected chi connectivity index (χ0v) is 27.5. The van der Waals surface area contributed by atoms with Crippen LogP contribution < -0.4 is 29.3 Å². The van der Waals surface area contributed by atoms with Crippen molar-refractivity contribution < 1.29 is 33.7 Å². The molecule has 1 saturated heterocycles. The van der Waals surface area contributed by atoms with Crippen LogP contribution in [0.3, 0.4) is 0 Å². The highest BCUT2D eigenvalue weighted by Crippen LogP contribution is 2.68. The molecule has 0 spiro atoms. The van der Waals surface area contributed by atoms with Gasteiger partial charge in [0.15, 0.2) is 18.1 Å². The number of nitrogens with zero attached hydrogens (tertiary/aromatic N) is 1. The first-order chi connectivity index (χ1) is 23.2. The Kier molecular flexibility index (Phi) is 7.48. The number of thioether (sulfide) groups is 1. The van der Waals surface area contributed by atoms with Gasteiger partial charge in [-0.2, -0.15) is 0 Å². The maximum absolute atomic E-state index is 14.0. The summed E-state index contributed by atoms with van der Waals surface area (Å²) in [6, 6.07) is 18.7. The van der Waals surface area contributed by atoms with Crippen LogP contribution in [0.4, 0.5) is 11.4 Å². The number of carbonyl (C=O) groups is 3. The van der Waals surface area contributed by atoms with Crippen molar-refractivity contribution >= 4 is 52.2 Å². The number of aromatic amines is 1. The van der Waals surface area contributed by atoms with Crippen LogP contribution in [0.5, 0.6) is 23.0 Å². The van der Waals surface area contributed by atoms with E-state index < -0.39 is 11.8 Å². The van der Waals surface area contributed by atoms with Gasteiger partial charge in [0.2, 0.25) is 11.8 Å². The number of nitrogens with one attached hydrogen (secondary N) is 2. The highest BCUT2D eigenvalue weighted by Gasteiger charge is 2.69. The van der Waals surface area contributed by atoms with E-state index >= 15 is 0 Å². The summed E-state index contributed by atoms with van der Waals surface area (Å²) in [5.74, 6) is -0.205. The lowest BCUT2D eigenvalue weighted by Crippen LogP contribution is -2.42. The fraction of sp³-hybridized carbons (Fsp3) is 0.314. The molecule has 8 rings (SSSR count). The molecule has 7 atom stereocenters. The molecule has 0 radical (unpaired) electrons. The number of H-pyrrole nitrogens is 1. The van der Waals surface area contributed by atoms with E-state index in [2.05, 4.69) is 10.3 Å². The van der Waals surface area contributed by atoms with Crippen LogP contribution in [0, 0.1) is 29.6 Å². The van der Waals surface area contributed by atoms with Gasteiger partial charge in [-0.25, -0.2) is 0 Å². The number of anilines is 2. The minimum Gasteiger partial charge on any atom is -0.508 e. The number of phenolic OH excluding ortho intramolecular Hbond substituents is 1. The smallest absolute Gasteiger partial charge is 0.305 e. The molecule has 13 heteroatoms. The molecule has 246 valence electrons. The quantitative estimate of drug-likeness (QED) is 0.175. The number of benzene rings is 3. The molecule has 48 heavy (non-hydrogen) atoms. The van der Waals surface area contributed by atoms with Gasteiger partial charge in [-0.15, -0.1) is 11.8 Å². The van der Waals surface area contributed by atoms with Crippen LogP contribution in [-0.4, -0.2) is 53.9 Å². The maximum atomic E-state index is 14.0. The van der Waals surface area contributed by atoms with Crippen molar-refractivity contribution in [3.05, 3.63) is 86.8 Å². The topological polar surface area (TPSA) is 147 Å². The molecule has 2 aliphatic carbocycles. The summed E-state index contributed by atoms with van der Waals surface area (Å²) in [7, 11) is 3.10. The number of fused-ring (bicyclic) bond motifs is 9. The van der Waals surface area contributed by atoms with E-state index in [0.717, 1.165) is 21.9 Å². The van der Waals surface area contributed by atoms with Crippen LogP contribution >= 0.6 is 23.1 Å². The maximum Gasteiger partial charge on any atom is 0.305 e. The molecule has 2 aliphatic heterocycles.